The molecule has 1 amide bonds. The normalized spacial score (nSPS) is 23.1. The number of nitrogens with one attached hydrogen (secondary N) is 2. The number of aliphatic hydroxyl groups is 1. The van der Waals surface area contributed by atoms with E-state index < -0.39 is 0 Å². The summed E-state index contributed by atoms with van der Waals surface area (Å²) < 4.78 is 0.982. The molecule has 110 valence electrons. The molecule has 0 aliphatic heterocycles. The van der Waals surface area contributed by atoms with E-state index >= 15 is 0 Å². The highest BCUT2D eigenvalue weighted by Gasteiger charge is 2.21. The van der Waals surface area contributed by atoms with E-state index in [2.05, 4.69) is 26.6 Å². The lowest BCUT2D eigenvalue weighted by atomic mass is 10.1. The van der Waals surface area contributed by atoms with E-state index in [9.17, 15) is 9.90 Å². The van der Waals surface area contributed by atoms with Gasteiger partial charge in [-0.3, -0.25) is 4.79 Å². The number of aliphatic hydroxyl groups excluding tert-OH is 1. The van der Waals surface area contributed by atoms with E-state index in [1.165, 1.54) is 6.42 Å². The maximum atomic E-state index is 11.9. The number of anilines is 1. The smallest absolute Gasteiger partial charge is 0.238 e. The van der Waals surface area contributed by atoms with Crippen LogP contribution in [0.5, 0.6) is 0 Å². The van der Waals surface area contributed by atoms with Crippen molar-refractivity contribution in [2.24, 2.45) is 0 Å². The Hall–Kier alpha value is -0.910. The van der Waals surface area contributed by atoms with E-state index in [1.54, 1.807) is 0 Å². The zero-order valence-electron chi connectivity index (χ0n) is 11.4. The van der Waals surface area contributed by atoms with Gasteiger partial charge in [0.25, 0.3) is 0 Å². The fourth-order valence-electron chi connectivity index (χ4n) is 2.49. The van der Waals surface area contributed by atoms with Crippen molar-refractivity contribution >= 4 is 27.5 Å². The Bertz CT molecular complexity index is 436. The summed E-state index contributed by atoms with van der Waals surface area (Å²) in [5.41, 5.74) is 0.779. The predicted molar refractivity (Wildman–Crippen MR) is 83.7 cm³/mol. The first-order chi connectivity index (χ1) is 9.65. The van der Waals surface area contributed by atoms with Gasteiger partial charge in [-0.2, -0.15) is 0 Å². The molecule has 4 nitrogen and oxygen atoms in total. The van der Waals surface area contributed by atoms with Crippen molar-refractivity contribution < 1.29 is 9.90 Å². The van der Waals surface area contributed by atoms with Gasteiger partial charge in [0, 0.05) is 16.2 Å². The van der Waals surface area contributed by atoms with Crippen LogP contribution >= 0.6 is 15.9 Å². The van der Waals surface area contributed by atoms with Crippen molar-refractivity contribution in [3.8, 4) is 0 Å². The van der Waals surface area contributed by atoms with E-state index in [0.29, 0.717) is 0 Å². The minimum Gasteiger partial charge on any atom is -0.392 e. The Balaban J connectivity index is 1.78. The molecule has 2 atom stereocenters. The van der Waals surface area contributed by atoms with Gasteiger partial charge < -0.3 is 15.7 Å². The molecular formula is C15H21BrN2O2. The predicted octanol–water partition coefficient (Wildman–Crippen LogP) is 2.67. The number of hydrogen-bond donors (Lipinski definition) is 3. The lowest BCUT2D eigenvalue weighted by Gasteiger charge is -2.21. The molecule has 0 radical (unpaired) electrons. The van der Waals surface area contributed by atoms with Crippen LogP contribution in [-0.4, -0.2) is 29.7 Å². The van der Waals surface area contributed by atoms with Crippen LogP contribution in [0.15, 0.2) is 28.7 Å². The second kappa shape index (κ2) is 7.76. The third-order valence-corrected chi connectivity index (χ3v) is 4.16. The summed E-state index contributed by atoms with van der Waals surface area (Å²) in [6.45, 7) is 0.234. The van der Waals surface area contributed by atoms with Crippen molar-refractivity contribution in [2.45, 2.75) is 44.2 Å². The number of rotatable bonds is 4. The molecule has 20 heavy (non-hydrogen) atoms. The highest BCUT2D eigenvalue weighted by molar-refractivity contribution is 9.10. The van der Waals surface area contributed by atoms with Crippen molar-refractivity contribution in [1.82, 2.24) is 5.32 Å². The van der Waals surface area contributed by atoms with Crippen LogP contribution in [0.4, 0.5) is 5.69 Å². The molecular weight excluding hydrogens is 320 g/mol. The van der Waals surface area contributed by atoms with Gasteiger partial charge in [-0.15, -0.1) is 0 Å². The van der Waals surface area contributed by atoms with Crippen LogP contribution in [-0.2, 0) is 4.79 Å². The summed E-state index contributed by atoms with van der Waals surface area (Å²) in [5.74, 6) is -0.0798. The Morgan fingerprint density at radius 3 is 2.65 bits per heavy atom. The molecule has 1 aliphatic rings. The van der Waals surface area contributed by atoms with Gasteiger partial charge in [0.1, 0.15) is 0 Å². The summed E-state index contributed by atoms with van der Waals surface area (Å²) in [4.78, 5) is 11.9. The first-order valence-corrected chi connectivity index (χ1v) is 7.91. The lowest BCUT2D eigenvalue weighted by molar-refractivity contribution is -0.115. The van der Waals surface area contributed by atoms with Crippen LogP contribution in [0.1, 0.15) is 32.1 Å². The molecule has 1 aliphatic carbocycles. The Morgan fingerprint density at radius 1 is 1.20 bits per heavy atom. The van der Waals surface area contributed by atoms with Crippen LogP contribution in [0, 0.1) is 0 Å². The van der Waals surface area contributed by atoms with E-state index in [-0.39, 0.29) is 24.6 Å². The first-order valence-electron chi connectivity index (χ1n) is 7.12. The highest BCUT2D eigenvalue weighted by Crippen LogP contribution is 2.18. The topological polar surface area (TPSA) is 61.4 Å². The van der Waals surface area contributed by atoms with Gasteiger partial charge >= 0.3 is 0 Å². The minimum absolute atomic E-state index is 0.0353. The van der Waals surface area contributed by atoms with Crippen molar-refractivity contribution in [1.29, 1.82) is 0 Å². The van der Waals surface area contributed by atoms with Crippen molar-refractivity contribution in [3.63, 3.8) is 0 Å². The second-order valence-electron chi connectivity index (χ2n) is 5.25. The average Bonchev–Trinajstić information content (AvgIpc) is 2.64. The molecule has 1 aromatic carbocycles. The van der Waals surface area contributed by atoms with Crippen LogP contribution < -0.4 is 10.6 Å². The Kier molecular flexibility index (Phi) is 6.01. The van der Waals surface area contributed by atoms with Gasteiger partial charge in [0.15, 0.2) is 0 Å². The highest BCUT2D eigenvalue weighted by atomic mass is 79.9. The summed E-state index contributed by atoms with van der Waals surface area (Å²) in [6.07, 6.45) is 4.78. The number of benzene rings is 1. The van der Waals surface area contributed by atoms with Crippen LogP contribution in [0.2, 0.25) is 0 Å². The van der Waals surface area contributed by atoms with Crippen molar-refractivity contribution in [3.05, 3.63) is 28.7 Å². The zero-order valence-corrected chi connectivity index (χ0v) is 13.0. The number of carbonyl (C=O) groups is 1. The standard InChI is InChI=1S/C15H21BrN2O2/c16-11-6-8-12(9-7-11)18-15(20)10-17-13-4-2-1-3-5-14(13)19/h6-9,13-14,17,19H,1-5,10H2,(H,18,20). The largest absolute Gasteiger partial charge is 0.392 e. The molecule has 1 aromatic rings. The van der Waals surface area contributed by atoms with Crippen LogP contribution in [0.3, 0.4) is 0 Å². The molecule has 3 N–H and O–H groups in total. The van der Waals surface area contributed by atoms with Crippen molar-refractivity contribution in [2.75, 3.05) is 11.9 Å². The molecule has 5 heteroatoms. The summed E-state index contributed by atoms with van der Waals surface area (Å²) in [5, 5.41) is 16.0. The monoisotopic (exact) mass is 340 g/mol. The minimum atomic E-state index is -0.335. The fraction of sp³-hybridized carbons (Fsp3) is 0.533. The molecule has 1 saturated carbocycles. The number of halogens is 1. The Labute approximate surface area is 128 Å². The number of amides is 1. The molecule has 0 bridgehead atoms. The van der Waals surface area contributed by atoms with Gasteiger partial charge in [0.05, 0.1) is 12.6 Å². The van der Waals surface area contributed by atoms with Gasteiger partial charge in [-0.1, -0.05) is 35.2 Å². The second-order valence-corrected chi connectivity index (χ2v) is 6.16. The maximum Gasteiger partial charge on any atom is 0.238 e. The summed E-state index contributed by atoms with van der Waals surface area (Å²) in [7, 11) is 0. The van der Waals surface area contributed by atoms with E-state index in [4.69, 9.17) is 0 Å². The summed E-state index contributed by atoms with van der Waals surface area (Å²) in [6, 6.07) is 7.51. The average molecular weight is 341 g/mol. The first kappa shape index (κ1) is 15.5. The van der Waals surface area contributed by atoms with E-state index in [0.717, 1.165) is 35.8 Å². The van der Waals surface area contributed by atoms with Gasteiger partial charge in [-0.05, 0) is 37.1 Å². The third-order valence-electron chi connectivity index (χ3n) is 3.63. The SMILES string of the molecule is O=C(CNC1CCCCCC1O)Nc1ccc(Br)cc1. The fourth-order valence-corrected chi connectivity index (χ4v) is 2.75. The van der Waals surface area contributed by atoms with Gasteiger partial charge in [0.2, 0.25) is 5.91 Å². The third kappa shape index (κ3) is 4.89. The Morgan fingerprint density at radius 2 is 1.90 bits per heavy atom. The zero-order chi connectivity index (χ0) is 14.4. The molecule has 0 heterocycles. The maximum absolute atomic E-state index is 11.9. The lowest BCUT2D eigenvalue weighted by Crippen LogP contribution is -2.42. The number of carbonyl (C=O) groups excluding carboxylic acids is 1. The van der Waals surface area contributed by atoms with E-state index in [1.807, 2.05) is 24.3 Å². The van der Waals surface area contributed by atoms with Crippen LogP contribution in [0.25, 0.3) is 0 Å². The molecule has 0 aromatic heterocycles. The molecule has 1 fully saturated rings. The molecule has 2 rings (SSSR count). The summed E-state index contributed by atoms with van der Waals surface area (Å²) >= 11 is 3.36. The number of hydrogen-bond acceptors (Lipinski definition) is 3. The molecule has 2 unspecified atom stereocenters. The van der Waals surface area contributed by atoms with Gasteiger partial charge in [-0.25, -0.2) is 0 Å². The molecule has 0 saturated heterocycles. The quantitative estimate of drug-likeness (QED) is 0.738. The molecule has 0 spiro atoms.